The highest BCUT2D eigenvalue weighted by atomic mass is 16.2. The Morgan fingerprint density at radius 3 is 2.34 bits per heavy atom. The van der Waals surface area contributed by atoms with Crippen LogP contribution in [0.25, 0.3) is 0 Å². The third kappa shape index (κ3) is 4.53. The van der Waals surface area contributed by atoms with Gasteiger partial charge in [0.05, 0.1) is 6.54 Å². The number of rotatable bonds is 5. The summed E-state index contributed by atoms with van der Waals surface area (Å²) in [6, 6.07) is 9.59. The maximum atomic E-state index is 13.6. The van der Waals surface area contributed by atoms with Crippen LogP contribution in [-0.2, 0) is 9.59 Å². The van der Waals surface area contributed by atoms with Crippen LogP contribution in [0.15, 0.2) is 30.3 Å². The lowest BCUT2D eigenvalue weighted by Crippen LogP contribution is -2.56. The lowest BCUT2D eigenvalue weighted by atomic mass is 9.84. The van der Waals surface area contributed by atoms with Gasteiger partial charge in [0.15, 0.2) is 0 Å². The first-order chi connectivity index (χ1) is 15.6. The third-order valence-electron chi connectivity index (χ3n) is 7.62. The molecule has 32 heavy (non-hydrogen) atoms. The highest BCUT2D eigenvalue weighted by Crippen LogP contribution is 2.41. The van der Waals surface area contributed by atoms with Crippen LogP contribution in [0, 0.1) is 5.92 Å². The van der Waals surface area contributed by atoms with E-state index < -0.39 is 0 Å². The first-order valence-electron chi connectivity index (χ1n) is 12.3. The van der Waals surface area contributed by atoms with Crippen molar-refractivity contribution in [2.75, 3.05) is 32.7 Å². The molecule has 2 aliphatic heterocycles. The highest BCUT2D eigenvalue weighted by Gasteiger charge is 2.48. The Bertz CT molecular complexity index is 848. The number of benzene rings is 1. The number of likely N-dealkylation sites (tertiary alicyclic amines) is 1. The number of hydrogen-bond donors (Lipinski definition) is 1. The van der Waals surface area contributed by atoms with Crippen LogP contribution in [0.1, 0.15) is 55.3 Å². The molecule has 0 bridgehead atoms. The van der Waals surface area contributed by atoms with Crippen molar-refractivity contribution in [1.29, 1.82) is 0 Å². The molecule has 4 fully saturated rings. The molecule has 4 aliphatic rings. The number of fused-ring (bicyclic) bond motifs is 1. The third-order valence-corrected chi connectivity index (χ3v) is 7.62. The van der Waals surface area contributed by atoms with Gasteiger partial charge in [-0.2, -0.15) is 0 Å². The van der Waals surface area contributed by atoms with E-state index in [1.165, 1.54) is 6.42 Å². The summed E-state index contributed by atoms with van der Waals surface area (Å²) in [7, 11) is 0. The summed E-state index contributed by atoms with van der Waals surface area (Å²) < 4.78 is 0. The number of piperazine rings is 1. The molecule has 3 atom stereocenters. The minimum atomic E-state index is -0.361. The molecule has 0 spiro atoms. The van der Waals surface area contributed by atoms with E-state index in [1.54, 1.807) is 0 Å². The average molecular weight is 439 g/mol. The Kier molecular flexibility index (Phi) is 6.17. The second-order valence-electron chi connectivity index (χ2n) is 9.89. The van der Waals surface area contributed by atoms with Crippen molar-refractivity contribution >= 4 is 17.7 Å². The number of carbonyl (C=O) groups is 3. The van der Waals surface area contributed by atoms with Crippen molar-refractivity contribution in [3.63, 3.8) is 0 Å². The predicted molar refractivity (Wildman–Crippen MR) is 121 cm³/mol. The first kappa shape index (κ1) is 21.4. The normalized spacial score (nSPS) is 28.3. The van der Waals surface area contributed by atoms with Crippen molar-refractivity contribution in [2.24, 2.45) is 5.92 Å². The smallest absolute Gasteiger partial charge is 0.254 e. The number of hydrogen-bond acceptors (Lipinski definition) is 4. The lowest BCUT2D eigenvalue weighted by molar-refractivity contribution is -0.137. The fourth-order valence-electron chi connectivity index (χ4n) is 5.74. The van der Waals surface area contributed by atoms with E-state index in [4.69, 9.17) is 0 Å². The Morgan fingerprint density at radius 1 is 0.906 bits per heavy atom. The largest absolute Gasteiger partial charge is 0.352 e. The summed E-state index contributed by atoms with van der Waals surface area (Å²) in [4.78, 5) is 45.2. The van der Waals surface area contributed by atoms with E-state index in [2.05, 4.69) is 10.2 Å². The number of carbonyl (C=O) groups excluding carboxylic acids is 3. The van der Waals surface area contributed by atoms with Gasteiger partial charge < -0.3 is 15.1 Å². The van der Waals surface area contributed by atoms with Gasteiger partial charge in [-0.1, -0.05) is 31.0 Å². The fraction of sp³-hybridized carbons (Fsp3) is 0.640. The molecule has 5 rings (SSSR count). The summed E-state index contributed by atoms with van der Waals surface area (Å²) >= 11 is 0. The Labute approximate surface area is 190 Å². The zero-order valence-corrected chi connectivity index (χ0v) is 18.7. The van der Waals surface area contributed by atoms with Gasteiger partial charge in [-0.3, -0.25) is 19.3 Å². The van der Waals surface area contributed by atoms with Crippen LogP contribution in [-0.4, -0.2) is 83.3 Å². The van der Waals surface area contributed by atoms with Gasteiger partial charge in [-0.15, -0.1) is 0 Å². The van der Waals surface area contributed by atoms with Crippen LogP contribution in [0.4, 0.5) is 0 Å². The van der Waals surface area contributed by atoms with E-state index in [1.807, 2.05) is 40.1 Å². The molecule has 0 aromatic heterocycles. The molecule has 3 unspecified atom stereocenters. The van der Waals surface area contributed by atoms with Crippen molar-refractivity contribution < 1.29 is 14.4 Å². The molecule has 1 aromatic rings. The zero-order chi connectivity index (χ0) is 22.1. The molecule has 2 saturated heterocycles. The highest BCUT2D eigenvalue weighted by molar-refractivity contribution is 5.98. The summed E-state index contributed by atoms with van der Waals surface area (Å²) in [5.74, 6) is 0.601. The second kappa shape index (κ2) is 9.22. The summed E-state index contributed by atoms with van der Waals surface area (Å²) in [6.07, 6.45) is 7.39. The van der Waals surface area contributed by atoms with Gasteiger partial charge >= 0.3 is 0 Å². The maximum absolute atomic E-state index is 13.6. The van der Waals surface area contributed by atoms with E-state index in [0.29, 0.717) is 50.2 Å². The summed E-state index contributed by atoms with van der Waals surface area (Å²) in [5.41, 5.74) is 0.669. The molecule has 2 aliphatic carbocycles. The maximum Gasteiger partial charge on any atom is 0.254 e. The van der Waals surface area contributed by atoms with E-state index in [9.17, 15) is 14.4 Å². The van der Waals surface area contributed by atoms with Gasteiger partial charge in [-0.25, -0.2) is 0 Å². The van der Waals surface area contributed by atoms with Crippen LogP contribution in [0.5, 0.6) is 0 Å². The second-order valence-corrected chi connectivity index (χ2v) is 9.89. The fourth-order valence-corrected chi connectivity index (χ4v) is 5.74. The SMILES string of the molecule is O=C(CN1CCN(C(=O)C2CC3CCCCC3N2C(=O)c2ccccc2)CC1)NC1CC1. The molecule has 7 heteroatoms. The Balaban J connectivity index is 1.24. The van der Waals surface area contributed by atoms with Crippen molar-refractivity contribution in [3.8, 4) is 0 Å². The van der Waals surface area contributed by atoms with Crippen molar-refractivity contribution in [1.82, 2.24) is 20.0 Å². The number of amides is 3. The molecule has 172 valence electrons. The van der Waals surface area contributed by atoms with E-state index in [0.717, 1.165) is 38.5 Å². The topological polar surface area (TPSA) is 73.0 Å². The van der Waals surface area contributed by atoms with Crippen LogP contribution < -0.4 is 5.32 Å². The van der Waals surface area contributed by atoms with Gasteiger partial charge in [0.25, 0.3) is 5.91 Å². The molecule has 2 heterocycles. The minimum Gasteiger partial charge on any atom is -0.352 e. The van der Waals surface area contributed by atoms with Crippen molar-refractivity contribution in [2.45, 2.75) is 63.1 Å². The zero-order valence-electron chi connectivity index (χ0n) is 18.7. The van der Waals surface area contributed by atoms with Crippen LogP contribution in [0.3, 0.4) is 0 Å². The molecule has 3 amide bonds. The molecule has 0 radical (unpaired) electrons. The van der Waals surface area contributed by atoms with Gasteiger partial charge in [0.2, 0.25) is 11.8 Å². The standard InChI is InChI=1S/C25H34N4O3/c30-23(26-20-10-11-20)17-27-12-14-28(15-13-27)25(32)22-16-19-8-4-5-9-21(19)29(22)24(31)18-6-2-1-3-7-18/h1-3,6-7,19-22H,4-5,8-17H2,(H,26,30). The molecular formula is C25H34N4O3. The van der Waals surface area contributed by atoms with Crippen LogP contribution >= 0.6 is 0 Å². The molecule has 1 N–H and O–H groups in total. The minimum absolute atomic E-state index is 0.00580. The van der Waals surface area contributed by atoms with Crippen LogP contribution in [0.2, 0.25) is 0 Å². The molecule has 2 saturated carbocycles. The quantitative estimate of drug-likeness (QED) is 0.762. The summed E-state index contributed by atoms with van der Waals surface area (Å²) in [6.45, 7) is 3.06. The number of nitrogens with one attached hydrogen (secondary N) is 1. The molecule has 7 nitrogen and oxygen atoms in total. The Morgan fingerprint density at radius 2 is 1.62 bits per heavy atom. The van der Waals surface area contributed by atoms with E-state index >= 15 is 0 Å². The monoisotopic (exact) mass is 438 g/mol. The predicted octanol–water partition coefficient (Wildman–Crippen LogP) is 1.88. The average Bonchev–Trinajstić information content (AvgIpc) is 3.55. The van der Waals surface area contributed by atoms with Crippen molar-refractivity contribution in [3.05, 3.63) is 35.9 Å². The molecule has 1 aromatic carbocycles. The van der Waals surface area contributed by atoms with E-state index in [-0.39, 0.29) is 29.8 Å². The number of nitrogens with zero attached hydrogens (tertiary/aromatic N) is 3. The summed E-state index contributed by atoms with van der Waals surface area (Å²) in [5, 5.41) is 3.04. The lowest BCUT2D eigenvalue weighted by Gasteiger charge is -2.38. The van der Waals surface area contributed by atoms with Gasteiger partial charge in [-0.05, 0) is 50.2 Å². The Hall–Kier alpha value is -2.41. The van der Waals surface area contributed by atoms with Gasteiger partial charge in [0, 0.05) is 43.8 Å². The first-order valence-corrected chi connectivity index (χ1v) is 12.3. The molecular weight excluding hydrogens is 404 g/mol. The van der Waals surface area contributed by atoms with Gasteiger partial charge in [0.1, 0.15) is 6.04 Å².